The molecule has 3 aromatic carbocycles. The topological polar surface area (TPSA) is 82.0 Å². The Morgan fingerprint density at radius 3 is 2.26 bits per heavy atom. The maximum Gasteiger partial charge on any atom is 0.270 e. The number of thiocarbonyl (C=S) groups is 1. The van der Waals surface area contributed by atoms with E-state index in [1.54, 1.807) is 24.3 Å². The lowest BCUT2D eigenvalue weighted by atomic mass is 10.1. The minimum atomic E-state index is -0.564. The quantitative estimate of drug-likeness (QED) is 0.138. The number of nitrogens with zero attached hydrogens (tertiary/aromatic N) is 2. The van der Waals surface area contributed by atoms with Gasteiger partial charge in [-0.2, -0.15) is 0 Å². The summed E-state index contributed by atoms with van der Waals surface area (Å²) in [4.78, 5) is 27.9. The van der Waals surface area contributed by atoms with Crippen molar-refractivity contribution in [2.75, 3.05) is 19.1 Å². The molecular formula is C32H28BrN3O5S. The number of rotatable bonds is 8. The molecule has 1 aromatic heterocycles. The second-order valence-corrected chi connectivity index (χ2v) is 10.9. The van der Waals surface area contributed by atoms with Crippen LogP contribution in [0.25, 0.3) is 11.8 Å². The molecule has 1 aliphatic rings. The number of carbonyl (C=O) groups is 2. The number of aryl methyl sites for hydroxylation is 1. The summed E-state index contributed by atoms with van der Waals surface area (Å²) < 4.78 is 19.8. The van der Waals surface area contributed by atoms with Crippen LogP contribution >= 0.6 is 28.1 Å². The van der Waals surface area contributed by atoms with E-state index in [2.05, 4.69) is 25.8 Å². The first-order chi connectivity index (χ1) is 20.2. The van der Waals surface area contributed by atoms with Gasteiger partial charge in [-0.25, -0.2) is 4.90 Å². The highest BCUT2D eigenvalue weighted by molar-refractivity contribution is 9.10. The number of aromatic nitrogens is 1. The summed E-state index contributed by atoms with van der Waals surface area (Å²) in [5.74, 6) is 0.571. The average molecular weight is 647 g/mol. The van der Waals surface area contributed by atoms with Crippen LogP contribution in [0.5, 0.6) is 17.2 Å². The van der Waals surface area contributed by atoms with E-state index >= 15 is 0 Å². The number of ether oxygens (including phenoxy) is 3. The van der Waals surface area contributed by atoms with E-state index in [0.717, 1.165) is 38.4 Å². The molecule has 1 N–H and O–H groups in total. The lowest BCUT2D eigenvalue weighted by Gasteiger charge is -2.30. The summed E-state index contributed by atoms with van der Waals surface area (Å²) in [6.45, 7) is 4.38. The molecule has 0 spiro atoms. The molecule has 42 heavy (non-hydrogen) atoms. The Balaban J connectivity index is 1.41. The molecular weight excluding hydrogens is 618 g/mol. The van der Waals surface area contributed by atoms with Crippen molar-refractivity contribution in [3.8, 4) is 22.9 Å². The zero-order valence-corrected chi connectivity index (χ0v) is 25.8. The van der Waals surface area contributed by atoms with Crippen molar-refractivity contribution in [2.24, 2.45) is 0 Å². The molecule has 1 aliphatic heterocycles. The van der Waals surface area contributed by atoms with Crippen LogP contribution in [0.3, 0.4) is 0 Å². The highest BCUT2D eigenvalue weighted by atomic mass is 79.9. The predicted octanol–water partition coefficient (Wildman–Crippen LogP) is 6.28. The molecule has 0 radical (unpaired) electrons. The van der Waals surface area contributed by atoms with E-state index in [1.165, 1.54) is 19.1 Å². The first-order valence-corrected chi connectivity index (χ1v) is 14.2. The van der Waals surface area contributed by atoms with Crippen molar-refractivity contribution in [3.63, 3.8) is 0 Å². The minimum Gasteiger partial charge on any atom is -0.497 e. The molecule has 2 heterocycles. The van der Waals surface area contributed by atoms with Gasteiger partial charge in [-0.3, -0.25) is 14.9 Å². The van der Waals surface area contributed by atoms with Crippen molar-refractivity contribution < 1.29 is 23.8 Å². The molecule has 5 rings (SSSR count). The largest absolute Gasteiger partial charge is 0.497 e. The Kier molecular flexibility index (Phi) is 8.46. The molecule has 0 atom stereocenters. The summed E-state index contributed by atoms with van der Waals surface area (Å²) in [6, 6.07) is 22.7. The number of hydrogen-bond acceptors (Lipinski definition) is 6. The van der Waals surface area contributed by atoms with Crippen LogP contribution in [-0.4, -0.2) is 35.7 Å². The maximum atomic E-state index is 13.7. The van der Waals surface area contributed by atoms with Gasteiger partial charge in [0.2, 0.25) is 0 Å². The van der Waals surface area contributed by atoms with Crippen LogP contribution in [0.4, 0.5) is 5.69 Å². The third-order valence-electron chi connectivity index (χ3n) is 6.91. The molecule has 0 aliphatic carbocycles. The van der Waals surface area contributed by atoms with Gasteiger partial charge in [0, 0.05) is 27.6 Å². The third kappa shape index (κ3) is 5.81. The number of amides is 2. The molecule has 2 amide bonds. The second kappa shape index (κ2) is 12.2. The van der Waals surface area contributed by atoms with E-state index in [9.17, 15) is 9.59 Å². The number of halogens is 1. The van der Waals surface area contributed by atoms with Gasteiger partial charge in [-0.15, -0.1) is 0 Å². The van der Waals surface area contributed by atoms with Gasteiger partial charge in [-0.05, 0) is 97.9 Å². The fraction of sp³-hybridized carbons (Fsp3) is 0.156. The van der Waals surface area contributed by atoms with Crippen molar-refractivity contribution in [1.29, 1.82) is 0 Å². The van der Waals surface area contributed by atoms with Crippen LogP contribution in [0.2, 0.25) is 0 Å². The molecule has 0 bridgehead atoms. The summed E-state index contributed by atoms with van der Waals surface area (Å²) >= 11 is 8.81. The van der Waals surface area contributed by atoms with Crippen LogP contribution < -0.4 is 24.4 Å². The van der Waals surface area contributed by atoms with Gasteiger partial charge in [0.15, 0.2) is 5.11 Å². The van der Waals surface area contributed by atoms with Crippen molar-refractivity contribution in [3.05, 3.63) is 105 Å². The lowest BCUT2D eigenvalue weighted by Crippen LogP contribution is -2.54. The normalized spacial score (nSPS) is 14.3. The van der Waals surface area contributed by atoms with Gasteiger partial charge in [0.25, 0.3) is 11.8 Å². The van der Waals surface area contributed by atoms with Gasteiger partial charge in [-0.1, -0.05) is 28.1 Å². The number of hydrogen-bond donors (Lipinski definition) is 1. The molecule has 10 heteroatoms. The van der Waals surface area contributed by atoms with Crippen LogP contribution in [0.1, 0.15) is 22.5 Å². The van der Waals surface area contributed by atoms with Gasteiger partial charge in [0.1, 0.15) is 29.4 Å². The minimum absolute atomic E-state index is 0.0291. The smallest absolute Gasteiger partial charge is 0.270 e. The second-order valence-electron chi connectivity index (χ2n) is 9.57. The van der Waals surface area contributed by atoms with Crippen LogP contribution in [0.15, 0.2) is 82.8 Å². The standard InChI is InChI=1S/C32H28BrN3O5S/c1-19-15-22(20(2)35(19)24-9-11-25(12-10-24)41-18-21-5-7-23(33)8-6-21)16-27-30(37)34-32(42)36(31(27)38)28-14-13-26(39-3)17-29(28)40-4/h5-17H,18H2,1-4H3,(H,34,37,42)/b27-16+. The Hall–Kier alpha value is -4.41. The monoisotopic (exact) mass is 645 g/mol. The summed E-state index contributed by atoms with van der Waals surface area (Å²) in [6.07, 6.45) is 1.59. The number of benzene rings is 3. The number of methoxy groups -OCH3 is 2. The molecule has 8 nitrogen and oxygen atoms in total. The van der Waals surface area contributed by atoms with Crippen molar-refractivity contribution in [2.45, 2.75) is 20.5 Å². The average Bonchev–Trinajstić information content (AvgIpc) is 3.27. The highest BCUT2D eigenvalue weighted by Gasteiger charge is 2.36. The SMILES string of the molecule is COc1ccc(N2C(=O)/C(=C/c3cc(C)n(-c4ccc(OCc5ccc(Br)cc5)cc4)c3C)C(=O)NC2=S)c(OC)c1. The molecule has 1 saturated heterocycles. The van der Waals surface area contributed by atoms with Crippen molar-refractivity contribution >= 4 is 56.8 Å². The van der Waals surface area contributed by atoms with E-state index in [4.69, 9.17) is 26.4 Å². The Bertz CT molecular complexity index is 1710. The van der Waals surface area contributed by atoms with E-state index in [1.807, 2.05) is 68.4 Å². The lowest BCUT2D eigenvalue weighted by molar-refractivity contribution is -0.122. The third-order valence-corrected chi connectivity index (χ3v) is 7.73. The highest BCUT2D eigenvalue weighted by Crippen LogP contribution is 2.35. The number of anilines is 1. The van der Waals surface area contributed by atoms with Gasteiger partial charge < -0.3 is 18.8 Å². The summed E-state index contributed by atoms with van der Waals surface area (Å²) in [7, 11) is 3.03. The fourth-order valence-corrected chi connectivity index (χ4v) is 5.31. The van der Waals surface area contributed by atoms with E-state index in [-0.39, 0.29) is 10.7 Å². The van der Waals surface area contributed by atoms with Crippen molar-refractivity contribution in [1.82, 2.24) is 9.88 Å². The molecule has 0 unspecified atom stereocenters. The summed E-state index contributed by atoms with van der Waals surface area (Å²) in [5, 5.41) is 2.60. The van der Waals surface area contributed by atoms with Crippen LogP contribution in [-0.2, 0) is 16.2 Å². The Morgan fingerprint density at radius 1 is 0.905 bits per heavy atom. The number of nitrogens with one attached hydrogen (secondary N) is 1. The zero-order chi connectivity index (χ0) is 30.0. The zero-order valence-electron chi connectivity index (χ0n) is 23.4. The number of carbonyl (C=O) groups excluding carboxylic acids is 2. The van der Waals surface area contributed by atoms with Crippen LogP contribution in [0, 0.1) is 13.8 Å². The maximum absolute atomic E-state index is 13.7. The molecule has 1 fully saturated rings. The van der Waals surface area contributed by atoms with Gasteiger partial charge >= 0.3 is 0 Å². The first kappa shape index (κ1) is 29.1. The molecule has 0 saturated carbocycles. The van der Waals surface area contributed by atoms with E-state index in [0.29, 0.717) is 23.8 Å². The Labute approximate surface area is 257 Å². The first-order valence-electron chi connectivity index (χ1n) is 13.0. The molecule has 214 valence electrons. The van der Waals surface area contributed by atoms with E-state index < -0.39 is 11.8 Å². The summed E-state index contributed by atoms with van der Waals surface area (Å²) in [5.41, 5.74) is 4.89. The predicted molar refractivity (Wildman–Crippen MR) is 169 cm³/mol. The fourth-order valence-electron chi connectivity index (χ4n) is 4.77. The molecule has 4 aromatic rings. The van der Waals surface area contributed by atoms with Gasteiger partial charge in [0.05, 0.1) is 19.9 Å². The Morgan fingerprint density at radius 2 is 1.60 bits per heavy atom.